The largest absolute Gasteiger partial charge is 0.760 e. The number of rotatable bonds is 8. The van der Waals surface area contributed by atoms with Crippen molar-refractivity contribution in [3.05, 3.63) is 83.4 Å². The van der Waals surface area contributed by atoms with Crippen molar-refractivity contribution in [3.8, 4) is 0 Å². The first-order valence-electron chi connectivity index (χ1n) is 10.2. The molecule has 1 aliphatic rings. The number of nitrogens with zero attached hydrogens (tertiary/aromatic N) is 4. The second-order valence-corrected chi connectivity index (χ2v) is 8.48. The lowest BCUT2D eigenvalue weighted by atomic mass is 9.88. The highest BCUT2D eigenvalue weighted by Gasteiger charge is 2.21. The summed E-state index contributed by atoms with van der Waals surface area (Å²) in [5.74, 6) is 0.519. The topological polar surface area (TPSA) is 86.1 Å². The SMILES string of the molecule is O=S([O-])NCc1cccc(C2CCN(Cc3cnn(Cc4ccccn4)c3)CC2)c1. The summed E-state index contributed by atoms with van der Waals surface area (Å²) >= 11 is -2.23. The van der Waals surface area contributed by atoms with Crippen molar-refractivity contribution < 1.29 is 8.76 Å². The van der Waals surface area contributed by atoms with Gasteiger partial charge in [-0.15, -0.1) is 0 Å². The van der Waals surface area contributed by atoms with Gasteiger partial charge in [0.05, 0.1) is 18.4 Å². The molecule has 7 nitrogen and oxygen atoms in total. The molecular weight excluding hydrogens is 398 g/mol. The first-order chi connectivity index (χ1) is 14.7. The van der Waals surface area contributed by atoms with Gasteiger partial charge in [0.1, 0.15) is 0 Å². The zero-order valence-electron chi connectivity index (χ0n) is 16.8. The van der Waals surface area contributed by atoms with Crippen LogP contribution >= 0.6 is 0 Å². The molecule has 0 saturated carbocycles. The highest BCUT2D eigenvalue weighted by atomic mass is 32.2. The Morgan fingerprint density at radius 2 is 1.97 bits per heavy atom. The molecule has 4 rings (SSSR count). The van der Waals surface area contributed by atoms with Crippen LogP contribution in [0.5, 0.6) is 0 Å². The molecule has 0 amide bonds. The number of likely N-dealkylation sites (tertiary alicyclic amines) is 1. The van der Waals surface area contributed by atoms with Gasteiger partial charge in [-0.3, -0.25) is 18.8 Å². The summed E-state index contributed by atoms with van der Waals surface area (Å²) in [4.78, 5) is 6.83. The summed E-state index contributed by atoms with van der Waals surface area (Å²) in [5, 5.41) is 4.48. The number of nitrogens with one attached hydrogen (secondary N) is 1. The monoisotopic (exact) mass is 424 g/mol. The van der Waals surface area contributed by atoms with E-state index < -0.39 is 11.3 Å². The third kappa shape index (κ3) is 5.82. The summed E-state index contributed by atoms with van der Waals surface area (Å²) in [6.07, 6.45) is 8.07. The normalized spacial score (nSPS) is 16.6. The van der Waals surface area contributed by atoms with Crippen LogP contribution in [0, 0.1) is 0 Å². The van der Waals surface area contributed by atoms with Gasteiger partial charge in [0.25, 0.3) is 0 Å². The standard InChI is InChI=1S/C22H27N5O2S/c28-30(29)25-14-18-4-3-5-21(12-18)20-7-10-26(11-8-20)15-19-13-24-27(16-19)17-22-6-1-2-9-23-22/h1-6,9,12-13,16,20,25H,7-8,10-11,14-15,17H2,(H,28,29)/p-1. The number of benzene rings is 1. The lowest BCUT2D eigenvalue weighted by Crippen LogP contribution is -2.32. The van der Waals surface area contributed by atoms with Gasteiger partial charge in [0.15, 0.2) is 0 Å². The molecule has 30 heavy (non-hydrogen) atoms. The average Bonchev–Trinajstić information content (AvgIpc) is 3.20. The molecule has 1 aliphatic heterocycles. The Morgan fingerprint density at radius 3 is 2.73 bits per heavy atom. The molecule has 1 saturated heterocycles. The second-order valence-electron chi connectivity index (χ2n) is 7.72. The highest BCUT2D eigenvalue weighted by Crippen LogP contribution is 2.29. The molecule has 0 bridgehead atoms. The molecule has 1 unspecified atom stereocenters. The van der Waals surface area contributed by atoms with Gasteiger partial charge < -0.3 is 4.55 Å². The van der Waals surface area contributed by atoms with E-state index in [1.807, 2.05) is 41.2 Å². The molecular formula is C22H26N5O2S-. The number of hydrogen-bond donors (Lipinski definition) is 1. The van der Waals surface area contributed by atoms with E-state index in [0.717, 1.165) is 43.7 Å². The summed E-state index contributed by atoms with van der Waals surface area (Å²) in [5.41, 5.74) is 4.53. The number of piperidine rings is 1. The van der Waals surface area contributed by atoms with Gasteiger partial charge in [0.2, 0.25) is 0 Å². The summed E-state index contributed by atoms with van der Waals surface area (Å²) in [6.45, 7) is 4.03. The van der Waals surface area contributed by atoms with Crippen molar-refractivity contribution in [2.24, 2.45) is 0 Å². The quantitative estimate of drug-likeness (QED) is 0.562. The van der Waals surface area contributed by atoms with Crippen LogP contribution in [0.15, 0.2) is 61.1 Å². The van der Waals surface area contributed by atoms with Crippen LogP contribution in [0.2, 0.25) is 0 Å². The van der Waals surface area contributed by atoms with Crippen LogP contribution in [0.4, 0.5) is 0 Å². The highest BCUT2D eigenvalue weighted by molar-refractivity contribution is 7.77. The van der Waals surface area contributed by atoms with Crippen LogP contribution in [0.25, 0.3) is 0 Å². The Kier molecular flexibility index (Phi) is 7.01. The van der Waals surface area contributed by atoms with Crippen LogP contribution in [-0.2, 0) is 30.9 Å². The van der Waals surface area contributed by atoms with Crippen LogP contribution in [0.3, 0.4) is 0 Å². The number of pyridine rings is 1. The maximum Gasteiger partial charge on any atom is 0.0831 e. The Balaban J connectivity index is 1.28. The Bertz CT molecular complexity index is 970. The molecule has 0 radical (unpaired) electrons. The molecule has 8 heteroatoms. The van der Waals surface area contributed by atoms with Crippen molar-refractivity contribution >= 4 is 11.3 Å². The van der Waals surface area contributed by atoms with Crippen LogP contribution < -0.4 is 4.72 Å². The summed E-state index contributed by atoms with van der Waals surface area (Å²) in [7, 11) is 0. The van der Waals surface area contributed by atoms with Crippen molar-refractivity contribution in [1.82, 2.24) is 24.4 Å². The van der Waals surface area contributed by atoms with E-state index in [2.05, 4.69) is 38.0 Å². The maximum absolute atomic E-state index is 10.7. The van der Waals surface area contributed by atoms with Gasteiger partial charge in [0, 0.05) is 42.3 Å². The minimum Gasteiger partial charge on any atom is -0.760 e. The minimum atomic E-state index is -2.23. The van der Waals surface area contributed by atoms with Crippen LogP contribution in [0.1, 0.15) is 41.1 Å². The van der Waals surface area contributed by atoms with E-state index in [0.29, 0.717) is 19.0 Å². The molecule has 158 valence electrons. The van der Waals surface area contributed by atoms with Gasteiger partial charge >= 0.3 is 0 Å². The lowest BCUT2D eigenvalue weighted by Gasteiger charge is -2.32. The van der Waals surface area contributed by atoms with Gasteiger partial charge in [-0.2, -0.15) is 5.10 Å². The van der Waals surface area contributed by atoms with E-state index in [4.69, 9.17) is 0 Å². The Morgan fingerprint density at radius 1 is 1.10 bits per heavy atom. The fourth-order valence-electron chi connectivity index (χ4n) is 4.01. The summed E-state index contributed by atoms with van der Waals surface area (Å²) in [6, 6.07) is 14.2. The Hall–Kier alpha value is -2.39. The first kappa shape index (κ1) is 20.9. The first-order valence-corrected chi connectivity index (χ1v) is 11.3. The van der Waals surface area contributed by atoms with Crippen molar-refractivity contribution in [2.75, 3.05) is 13.1 Å². The maximum atomic E-state index is 10.7. The molecule has 1 fully saturated rings. The third-order valence-corrected chi connectivity index (χ3v) is 5.93. The molecule has 1 aromatic carbocycles. The lowest BCUT2D eigenvalue weighted by molar-refractivity contribution is 0.204. The van der Waals surface area contributed by atoms with Crippen LogP contribution in [-0.4, -0.2) is 41.5 Å². The van der Waals surface area contributed by atoms with E-state index in [9.17, 15) is 8.76 Å². The van der Waals surface area contributed by atoms with E-state index in [1.54, 1.807) is 6.20 Å². The zero-order valence-corrected chi connectivity index (χ0v) is 17.6. The van der Waals surface area contributed by atoms with E-state index >= 15 is 0 Å². The molecule has 1 atom stereocenters. The fourth-order valence-corrected chi connectivity index (χ4v) is 4.30. The Labute approximate surface area is 179 Å². The predicted molar refractivity (Wildman–Crippen MR) is 115 cm³/mol. The predicted octanol–water partition coefficient (Wildman–Crippen LogP) is 2.59. The third-order valence-electron chi connectivity index (χ3n) is 5.55. The average molecular weight is 425 g/mol. The van der Waals surface area contributed by atoms with Gasteiger partial charge in [-0.1, -0.05) is 30.3 Å². The number of hydrogen-bond acceptors (Lipinski definition) is 5. The zero-order chi connectivity index (χ0) is 20.8. The fraction of sp³-hybridized carbons (Fsp3) is 0.364. The molecule has 3 aromatic rings. The van der Waals surface area contributed by atoms with Crippen molar-refractivity contribution in [1.29, 1.82) is 0 Å². The van der Waals surface area contributed by atoms with E-state index in [1.165, 1.54) is 11.1 Å². The van der Waals surface area contributed by atoms with Gasteiger partial charge in [-0.25, -0.2) is 4.72 Å². The van der Waals surface area contributed by atoms with Crippen molar-refractivity contribution in [3.63, 3.8) is 0 Å². The molecule has 1 N–H and O–H groups in total. The second kappa shape index (κ2) is 10.1. The van der Waals surface area contributed by atoms with E-state index in [-0.39, 0.29) is 0 Å². The molecule has 3 heterocycles. The smallest absolute Gasteiger partial charge is 0.0831 e. The van der Waals surface area contributed by atoms with Gasteiger partial charge in [-0.05, 0) is 55.1 Å². The minimum absolute atomic E-state index is 0.339. The molecule has 2 aromatic heterocycles. The molecule has 0 aliphatic carbocycles. The van der Waals surface area contributed by atoms with Crippen molar-refractivity contribution in [2.45, 2.75) is 38.4 Å². The molecule has 0 spiro atoms. The number of aromatic nitrogens is 3. The summed E-state index contributed by atoms with van der Waals surface area (Å²) < 4.78 is 25.8.